The van der Waals surface area contributed by atoms with Crippen LogP contribution in [0, 0.1) is 0 Å². The maximum Gasteiger partial charge on any atom is 0.132 e. The Morgan fingerprint density at radius 2 is 1.94 bits per heavy atom. The minimum Gasteiger partial charge on any atom is -0.376 e. The Kier molecular flexibility index (Phi) is 4.47. The molecule has 0 aliphatic carbocycles. The van der Waals surface area contributed by atoms with Crippen molar-refractivity contribution in [2.45, 2.75) is 13.0 Å². The molecule has 0 N–H and O–H groups in total. The maximum absolute atomic E-state index is 5.76. The molecule has 0 fully saturated rings. The molecule has 0 radical (unpaired) electrons. The second-order valence-electron chi connectivity index (χ2n) is 3.58. The third-order valence-electron chi connectivity index (χ3n) is 2.25. The van der Waals surface area contributed by atoms with E-state index in [1.165, 1.54) is 5.56 Å². The van der Waals surface area contributed by atoms with Crippen LogP contribution in [0.1, 0.15) is 11.4 Å². The first-order valence-electron chi connectivity index (χ1n) is 5.44. The topological polar surface area (TPSA) is 35.0 Å². The fourth-order valence-corrected chi connectivity index (χ4v) is 1.58. The lowest BCUT2D eigenvalue weighted by molar-refractivity contribution is 0.122. The first kappa shape index (κ1) is 12.0. The molecular weight excluding hydrogens is 236 g/mol. The molecule has 1 heterocycles. The first-order chi connectivity index (χ1) is 8.34. The molecule has 2 aromatic rings. The van der Waals surface area contributed by atoms with Crippen molar-refractivity contribution >= 4 is 11.6 Å². The van der Waals surface area contributed by atoms with Gasteiger partial charge in [0.25, 0.3) is 0 Å². The maximum atomic E-state index is 5.76. The Balaban J connectivity index is 1.73. The number of rotatable bonds is 5. The van der Waals surface area contributed by atoms with Crippen molar-refractivity contribution in [3.05, 3.63) is 59.1 Å². The van der Waals surface area contributed by atoms with Gasteiger partial charge in [0.15, 0.2) is 0 Å². The van der Waals surface area contributed by atoms with Crippen molar-refractivity contribution in [1.29, 1.82) is 0 Å². The number of benzene rings is 1. The molecular formula is C13H13ClN2O. The number of nitrogens with zero attached hydrogens (tertiary/aromatic N) is 2. The van der Waals surface area contributed by atoms with Crippen molar-refractivity contribution in [3.8, 4) is 0 Å². The lowest BCUT2D eigenvalue weighted by Crippen LogP contribution is -2.02. The Morgan fingerprint density at radius 1 is 1.12 bits per heavy atom. The molecule has 2 rings (SSSR count). The molecule has 4 heteroatoms. The lowest BCUT2D eigenvalue weighted by Gasteiger charge is -2.03. The van der Waals surface area contributed by atoms with Crippen molar-refractivity contribution in [1.82, 2.24) is 9.97 Å². The van der Waals surface area contributed by atoms with Crippen LogP contribution in [0.4, 0.5) is 0 Å². The van der Waals surface area contributed by atoms with Crippen molar-refractivity contribution in [2.75, 3.05) is 6.61 Å². The van der Waals surface area contributed by atoms with Gasteiger partial charge in [-0.05, 0) is 11.6 Å². The van der Waals surface area contributed by atoms with E-state index in [4.69, 9.17) is 16.3 Å². The summed E-state index contributed by atoms with van der Waals surface area (Å²) in [6.45, 7) is 1.21. The average Bonchev–Trinajstić information content (AvgIpc) is 2.36. The summed E-state index contributed by atoms with van der Waals surface area (Å²) in [4.78, 5) is 8.20. The van der Waals surface area contributed by atoms with Crippen molar-refractivity contribution < 1.29 is 4.74 Å². The molecule has 0 unspecified atom stereocenters. The largest absolute Gasteiger partial charge is 0.376 e. The van der Waals surface area contributed by atoms with Gasteiger partial charge in [-0.1, -0.05) is 41.9 Å². The molecule has 0 amide bonds. The Hall–Kier alpha value is -1.45. The van der Waals surface area contributed by atoms with E-state index in [1.54, 1.807) is 12.3 Å². The highest BCUT2D eigenvalue weighted by molar-refractivity contribution is 6.29. The predicted octanol–water partition coefficient (Wildman–Crippen LogP) is 2.89. The molecule has 3 nitrogen and oxygen atoms in total. The van der Waals surface area contributed by atoms with Gasteiger partial charge in [-0.25, -0.2) is 9.97 Å². The van der Waals surface area contributed by atoms with Gasteiger partial charge in [0.05, 0.1) is 13.2 Å². The molecule has 0 aliphatic heterocycles. The first-order valence-corrected chi connectivity index (χ1v) is 5.81. The normalized spacial score (nSPS) is 10.4. The Bertz CT molecular complexity index is 462. The van der Waals surface area contributed by atoms with Gasteiger partial charge in [-0.15, -0.1) is 0 Å². The monoisotopic (exact) mass is 248 g/mol. The number of hydrogen-bond acceptors (Lipinski definition) is 3. The SMILES string of the molecule is Clc1ccnc(CCOCc2ccccc2)n1. The molecule has 88 valence electrons. The van der Waals surface area contributed by atoms with E-state index in [9.17, 15) is 0 Å². The van der Waals surface area contributed by atoms with Crippen LogP contribution in [0.25, 0.3) is 0 Å². The van der Waals surface area contributed by atoms with Crippen LogP contribution in [0.5, 0.6) is 0 Å². The summed E-state index contributed by atoms with van der Waals surface area (Å²) in [5.41, 5.74) is 1.17. The molecule has 1 aromatic heterocycles. The second-order valence-corrected chi connectivity index (χ2v) is 3.97. The zero-order valence-corrected chi connectivity index (χ0v) is 10.1. The van der Waals surface area contributed by atoms with Crippen LogP contribution in [-0.2, 0) is 17.8 Å². The minimum atomic E-state index is 0.470. The van der Waals surface area contributed by atoms with Crippen molar-refractivity contribution in [3.63, 3.8) is 0 Å². The summed E-state index contributed by atoms with van der Waals surface area (Å²) in [5.74, 6) is 0.713. The molecule has 0 saturated carbocycles. The highest BCUT2D eigenvalue weighted by Gasteiger charge is 1.98. The van der Waals surface area contributed by atoms with E-state index < -0.39 is 0 Å². The fraction of sp³-hybridized carbons (Fsp3) is 0.231. The average molecular weight is 249 g/mol. The van der Waals surface area contributed by atoms with Gasteiger partial charge in [0.2, 0.25) is 0 Å². The number of halogens is 1. The zero-order chi connectivity index (χ0) is 11.9. The molecule has 1 aromatic carbocycles. The van der Waals surface area contributed by atoms with Crippen LogP contribution in [0.15, 0.2) is 42.6 Å². The number of ether oxygens (including phenoxy) is 1. The Morgan fingerprint density at radius 3 is 2.71 bits per heavy atom. The smallest absolute Gasteiger partial charge is 0.132 e. The zero-order valence-electron chi connectivity index (χ0n) is 9.34. The number of aromatic nitrogens is 2. The third-order valence-corrected chi connectivity index (χ3v) is 2.46. The summed E-state index contributed by atoms with van der Waals surface area (Å²) < 4.78 is 5.54. The second kappa shape index (κ2) is 6.33. The van der Waals surface area contributed by atoms with Crippen LogP contribution >= 0.6 is 11.6 Å². The molecule has 17 heavy (non-hydrogen) atoms. The van der Waals surface area contributed by atoms with E-state index in [0.29, 0.717) is 30.6 Å². The predicted molar refractivity (Wildman–Crippen MR) is 66.8 cm³/mol. The van der Waals surface area contributed by atoms with Gasteiger partial charge in [0, 0.05) is 12.6 Å². The molecule has 0 bridgehead atoms. The van der Waals surface area contributed by atoms with Gasteiger partial charge in [-0.2, -0.15) is 0 Å². The minimum absolute atomic E-state index is 0.470. The van der Waals surface area contributed by atoms with Gasteiger partial charge < -0.3 is 4.74 Å². The standard InChI is InChI=1S/C13H13ClN2O/c14-12-6-8-15-13(16-12)7-9-17-10-11-4-2-1-3-5-11/h1-6,8H,7,9-10H2. The van der Waals surface area contributed by atoms with E-state index in [-0.39, 0.29) is 0 Å². The third kappa shape index (κ3) is 4.13. The van der Waals surface area contributed by atoms with E-state index in [2.05, 4.69) is 9.97 Å². The highest BCUT2D eigenvalue weighted by Crippen LogP contribution is 2.04. The molecule has 0 atom stereocenters. The summed E-state index contributed by atoms with van der Waals surface area (Å²) in [6, 6.07) is 11.7. The Labute approximate surface area is 105 Å². The van der Waals surface area contributed by atoms with Crippen LogP contribution in [0.2, 0.25) is 5.15 Å². The van der Waals surface area contributed by atoms with Gasteiger partial charge in [0.1, 0.15) is 11.0 Å². The van der Waals surface area contributed by atoms with E-state index in [1.807, 2.05) is 30.3 Å². The quantitative estimate of drug-likeness (QED) is 0.603. The van der Waals surface area contributed by atoms with E-state index >= 15 is 0 Å². The summed E-state index contributed by atoms with van der Waals surface area (Å²) in [6.07, 6.45) is 2.33. The highest BCUT2D eigenvalue weighted by atomic mass is 35.5. The summed E-state index contributed by atoms with van der Waals surface area (Å²) in [5, 5.41) is 0.470. The van der Waals surface area contributed by atoms with Crippen molar-refractivity contribution in [2.24, 2.45) is 0 Å². The van der Waals surface area contributed by atoms with Gasteiger partial charge >= 0.3 is 0 Å². The van der Waals surface area contributed by atoms with Crippen LogP contribution < -0.4 is 0 Å². The molecule has 0 saturated heterocycles. The lowest BCUT2D eigenvalue weighted by atomic mass is 10.2. The van der Waals surface area contributed by atoms with Crippen LogP contribution in [-0.4, -0.2) is 16.6 Å². The summed E-state index contributed by atoms with van der Waals surface area (Å²) in [7, 11) is 0. The summed E-state index contributed by atoms with van der Waals surface area (Å²) >= 11 is 5.76. The van der Waals surface area contributed by atoms with E-state index in [0.717, 1.165) is 0 Å². The number of hydrogen-bond donors (Lipinski definition) is 0. The van der Waals surface area contributed by atoms with Gasteiger partial charge in [-0.3, -0.25) is 0 Å². The molecule has 0 aliphatic rings. The fourth-order valence-electron chi connectivity index (χ4n) is 1.42. The molecule has 0 spiro atoms. The van der Waals surface area contributed by atoms with Crippen LogP contribution in [0.3, 0.4) is 0 Å².